The topological polar surface area (TPSA) is 55.6 Å². The van der Waals surface area contributed by atoms with E-state index >= 15 is 0 Å². The Balaban J connectivity index is 2.79. The van der Waals surface area contributed by atoms with Crippen LogP contribution in [0.15, 0.2) is 28.7 Å². The van der Waals surface area contributed by atoms with Crippen LogP contribution in [0.2, 0.25) is 0 Å². The molecule has 0 saturated carbocycles. The van der Waals surface area contributed by atoms with E-state index in [9.17, 15) is 4.79 Å². The average molecular weight is 343 g/mol. The fraction of sp³-hybridized carbons (Fsp3) is 0.533. The Hall–Kier alpha value is -0.910. The van der Waals surface area contributed by atoms with E-state index in [-0.39, 0.29) is 18.6 Å². The lowest BCUT2D eigenvalue weighted by molar-refractivity contribution is -0.138. The second-order valence-corrected chi connectivity index (χ2v) is 5.48. The summed E-state index contributed by atoms with van der Waals surface area (Å²) in [5, 5.41) is 0. The van der Waals surface area contributed by atoms with E-state index < -0.39 is 0 Å². The lowest BCUT2D eigenvalue weighted by Gasteiger charge is -2.30. The van der Waals surface area contributed by atoms with Crippen LogP contribution in [-0.4, -0.2) is 37.1 Å². The van der Waals surface area contributed by atoms with Crippen molar-refractivity contribution in [3.63, 3.8) is 0 Å². The molecule has 0 saturated heterocycles. The van der Waals surface area contributed by atoms with Crippen molar-refractivity contribution < 1.29 is 9.53 Å². The van der Waals surface area contributed by atoms with Gasteiger partial charge in [-0.15, -0.1) is 0 Å². The average Bonchev–Trinajstić information content (AvgIpc) is 2.44. The number of carbonyl (C=O) groups excluding carboxylic acids is 1. The fourth-order valence-corrected chi connectivity index (χ4v) is 2.70. The van der Waals surface area contributed by atoms with Crippen molar-refractivity contribution in [1.82, 2.24) is 4.90 Å². The van der Waals surface area contributed by atoms with Gasteiger partial charge in [0.05, 0.1) is 12.6 Å². The molecule has 0 fully saturated rings. The van der Waals surface area contributed by atoms with E-state index in [1.165, 1.54) is 0 Å². The molecule has 1 amide bonds. The minimum absolute atomic E-state index is 0.00329. The summed E-state index contributed by atoms with van der Waals surface area (Å²) >= 11 is 3.54. The van der Waals surface area contributed by atoms with Crippen molar-refractivity contribution in [1.29, 1.82) is 0 Å². The number of ether oxygens (including phenoxy) is 1. The van der Waals surface area contributed by atoms with Crippen LogP contribution in [0.3, 0.4) is 0 Å². The number of rotatable bonds is 8. The summed E-state index contributed by atoms with van der Waals surface area (Å²) in [5.74, 6) is 0.00329. The Morgan fingerprint density at radius 2 is 2.15 bits per heavy atom. The van der Waals surface area contributed by atoms with Crippen LogP contribution >= 0.6 is 15.9 Å². The maximum Gasteiger partial charge on any atom is 0.249 e. The molecule has 112 valence electrons. The highest BCUT2D eigenvalue weighted by atomic mass is 79.9. The van der Waals surface area contributed by atoms with E-state index in [1.807, 2.05) is 36.1 Å². The van der Waals surface area contributed by atoms with E-state index in [4.69, 9.17) is 10.5 Å². The second kappa shape index (κ2) is 9.10. The van der Waals surface area contributed by atoms with Gasteiger partial charge in [-0.05, 0) is 25.0 Å². The maximum absolute atomic E-state index is 12.3. The van der Waals surface area contributed by atoms with Crippen LogP contribution in [0.5, 0.6) is 0 Å². The highest BCUT2D eigenvalue weighted by Gasteiger charge is 2.22. The highest BCUT2D eigenvalue weighted by molar-refractivity contribution is 9.10. The van der Waals surface area contributed by atoms with Gasteiger partial charge >= 0.3 is 0 Å². The van der Waals surface area contributed by atoms with Crippen LogP contribution < -0.4 is 5.73 Å². The van der Waals surface area contributed by atoms with Gasteiger partial charge in [-0.25, -0.2) is 0 Å². The number of benzene rings is 1. The van der Waals surface area contributed by atoms with Gasteiger partial charge in [0.25, 0.3) is 0 Å². The van der Waals surface area contributed by atoms with Crippen molar-refractivity contribution in [3.8, 4) is 0 Å². The normalized spacial score (nSPS) is 12.2. The third kappa shape index (κ3) is 4.89. The summed E-state index contributed by atoms with van der Waals surface area (Å²) in [5.41, 5.74) is 6.47. The molecule has 5 heteroatoms. The summed E-state index contributed by atoms with van der Waals surface area (Å²) in [6.07, 6.45) is 0.914. The zero-order chi connectivity index (χ0) is 15.0. The molecule has 0 aliphatic heterocycles. The molecule has 1 aromatic rings. The molecule has 0 bridgehead atoms. The summed E-state index contributed by atoms with van der Waals surface area (Å²) in [7, 11) is 0. The molecule has 2 N–H and O–H groups in total. The number of nitrogens with two attached hydrogens (primary N) is 1. The lowest BCUT2D eigenvalue weighted by atomic mass is 10.1. The molecule has 1 atom stereocenters. The van der Waals surface area contributed by atoms with Crippen molar-refractivity contribution in [2.75, 3.05) is 26.3 Å². The third-order valence-corrected chi connectivity index (χ3v) is 3.82. The molecule has 0 aliphatic rings. The van der Waals surface area contributed by atoms with Crippen molar-refractivity contribution in [3.05, 3.63) is 34.3 Å². The predicted molar refractivity (Wildman–Crippen MR) is 84.4 cm³/mol. The van der Waals surface area contributed by atoms with Gasteiger partial charge in [-0.1, -0.05) is 41.1 Å². The van der Waals surface area contributed by atoms with Crippen molar-refractivity contribution in [2.45, 2.75) is 26.3 Å². The highest BCUT2D eigenvalue weighted by Crippen LogP contribution is 2.27. The molecule has 0 aliphatic carbocycles. The Bertz CT molecular complexity index is 426. The Morgan fingerprint density at radius 1 is 1.45 bits per heavy atom. The van der Waals surface area contributed by atoms with Gasteiger partial charge in [-0.3, -0.25) is 4.79 Å². The molecular formula is C15H23BrN2O2. The first-order chi connectivity index (χ1) is 9.61. The Morgan fingerprint density at radius 3 is 2.75 bits per heavy atom. The minimum atomic E-state index is 0.00329. The van der Waals surface area contributed by atoms with E-state index in [0.29, 0.717) is 19.7 Å². The largest absolute Gasteiger partial charge is 0.370 e. The van der Waals surface area contributed by atoms with Gasteiger partial charge in [0.1, 0.15) is 6.61 Å². The third-order valence-electron chi connectivity index (χ3n) is 3.10. The first-order valence-electron chi connectivity index (χ1n) is 6.93. The van der Waals surface area contributed by atoms with E-state index in [2.05, 4.69) is 22.9 Å². The standard InChI is InChI=1S/C15H23BrN2O2/c1-3-9-18(15(19)11-20-10-8-17)12(2)13-6-4-5-7-14(13)16/h4-7,12H,3,8-11,17H2,1-2H3. The zero-order valence-electron chi connectivity index (χ0n) is 12.1. The molecular weight excluding hydrogens is 320 g/mol. The quantitative estimate of drug-likeness (QED) is 0.739. The second-order valence-electron chi connectivity index (χ2n) is 4.63. The molecule has 0 radical (unpaired) electrons. The van der Waals surface area contributed by atoms with Crippen molar-refractivity contribution in [2.24, 2.45) is 5.73 Å². The summed E-state index contributed by atoms with van der Waals surface area (Å²) in [6, 6.07) is 7.99. The number of hydrogen-bond donors (Lipinski definition) is 1. The Labute approximate surface area is 129 Å². The zero-order valence-corrected chi connectivity index (χ0v) is 13.7. The smallest absolute Gasteiger partial charge is 0.249 e. The Kier molecular flexibility index (Phi) is 7.80. The number of carbonyl (C=O) groups is 1. The van der Waals surface area contributed by atoms with Gasteiger partial charge < -0.3 is 15.4 Å². The number of amides is 1. The van der Waals surface area contributed by atoms with Crippen LogP contribution in [0.1, 0.15) is 31.9 Å². The minimum Gasteiger partial charge on any atom is -0.370 e. The fourth-order valence-electron chi connectivity index (χ4n) is 2.08. The molecule has 0 heterocycles. The van der Waals surface area contributed by atoms with Gasteiger partial charge in [0.15, 0.2) is 0 Å². The summed E-state index contributed by atoms with van der Waals surface area (Å²) < 4.78 is 6.28. The van der Waals surface area contributed by atoms with E-state index in [1.54, 1.807) is 0 Å². The molecule has 20 heavy (non-hydrogen) atoms. The predicted octanol–water partition coefficient (Wildman–Crippen LogP) is 2.72. The van der Waals surface area contributed by atoms with Crippen LogP contribution in [0.25, 0.3) is 0 Å². The molecule has 4 nitrogen and oxygen atoms in total. The molecule has 1 aromatic carbocycles. The molecule has 0 spiro atoms. The van der Waals surface area contributed by atoms with Crippen LogP contribution in [-0.2, 0) is 9.53 Å². The van der Waals surface area contributed by atoms with Gasteiger partial charge in [-0.2, -0.15) is 0 Å². The maximum atomic E-state index is 12.3. The van der Waals surface area contributed by atoms with Gasteiger partial charge in [0, 0.05) is 17.6 Å². The molecule has 0 aromatic heterocycles. The molecule has 1 rings (SSSR count). The number of hydrogen-bond acceptors (Lipinski definition) is 3. The summed E-state index contributed by atoms with van der Waals surface area (Å²) in [4.78, 5) is 14.1. The lowest BCUT2D eigenvalue weighted by Crippen LogP contribution is -2.37. The number of nitrogens with zero attached hydrogens (tertiary/aromatic N) is 1. The molecule has 1 unspecified atom stereocenters. The monoisotopic (exact) mass is 342 g/mol. The summed E-state index contributed by atoms with van der Waals surface area (Å²) in [6.45, 7) is 5.75. The van der Waals surface area contributed by atoms with E-state index in [0.717, 1.165) is 16.5 Å². The van der Waals surface area contributed by atoms with Crippen molar-refractivity contribution >= 4 is 21.8 Å². The number of halogens is 1. The van der Waals surface area contributed by atoms with Gasteiger partial charge in [0.2, 0.25) is 5.91 Å². The van der Waals surface area contributed by atoms with Crippen LogP contribution in [0, 0.1) is 0 Å². The van der Waals surface area contributed by atoms with Crippen LogP contribution in [0.4, 0.5) is 0 Å². The SMILES string of the molecule is CCCN(C(=O)COCCN)C(C)c1ccccc1Br. The first kappa shape index (κ1) is 17.1. The first-order valence-corrected chi connectivity index (χ1v) is 7.72.